The van der Waals surface area contributed by atoms with Gasteiger partial charge in [0.25, 0.3) is 0 Å². The highest BCUT2D eigenvalue weighted by atomic mass is 35.5. The Morgan fingerprint density at radius 2 is 1.89 bits per heavy atom. The molecule has 2 nitrogen and oxygen atoms in total. The van der Waals surface area contributed by atoms with Crippen LogP contribution < -0.4 is 5.32 Å². The third-order valence-corrected chi connectivity index (χ3v) is 3.59. The van der Waals surface area contributed by atoms with Crippen molar-refractivity contribution in [3.8, 4) is 0 Å². The fourth-order valence-corrected chi connectivity index (χ4v) is 2.63. The molecule has 1 aromatic heterocycles. The normalized spacial score (nSPS) is 12.4. The second kappa shape index (κ2) is 6.38. The SMILES string of the molecule is CNC(Cc1ncccc1C)c1cc(Cl)cc(Cl)c1. The average molecular weight is 295 g/mol. The van der Waals surface area contributed by atoms with E-state index in [4.69, 9.17) is 23.2 Å². The molecular weight excluding hydrogens is 279 g/mol. The van der Waals surface area contributed by atoms with Crippen LogP contribution in [0.3, 0.4) is 0 Å². The van der Waals surface area contributed by atoms with Gasteiger partial charge in [-0.2, -0.15) is 0 Å². The topological polar surface area (TPSA) is 24.9 Å². The summed E-state index contributed by atoms with van der Waals surface area (Å²) in [6.07, 6.45) is 2.62. The zero-order chi connectivity index (χ0) is 13.8. The van der Waals surface area contributed by atoms with E-state index in [9.17, 15) is 0 Å². The zero-order valence-electron chi connectivity index (χ0n) is 11.0. The molecule has 1 heterocycles. The molecule has 19 heavy (non-hydrogen) atoms. The molecule has 1 N–H and O–H groups in total. The van der Waals surface area contributed by atoms with Crippen LogP contribution in [0.15, 0.2) is 36.5 Å². The van der Waals surface area contributed by atoms with Gasteiger partial charge in [-0.3, -0.25) is 4.98 Å². The number of benzene rings is 1. The van der Waals surface area contributed by atoms with Gasteiger partial charge in [0.2, 0.25) is 0 Å². The van der Waals surface area contributed by atoms with Crippen LogP contribution in [0.4, 0.5) is 0 Å². The molecule has 0 fully saturated rings. The molecule has 1 unspecified atom stereocenters. The Morgan fingerprint density at radius 3 is 2.47 bits per heavy atom. The fraction of sp³-hybridized carbons (Fsp3) is 0.267. The number of hydrogen-bond acceptors (Lipinski definition) is 2. The lowest BCUT2D eigenvalue weighted by molar-refractivity contribution is 0.582. The maximum Gasteiger partial charge on any atom is 0.0451 e. The lowest BCUT2D eigenvalue weighted by Crippen LogP contribution is -2.19. The maximum atomic E-state index is 6.06. The minimum absolute atomic E-state index is 0.143. The summed E-state index contributed by atoms with van der Waals surface area (Å²) in [7, 11) is 1.93. The highest BCUT2D eigenvalue weighted by Gasteiger charge is 2.13. The highest BCUT2D eigenvalue weighted by molar-refractivity contribution is 6.34. The van der Waals surface area contributed by atoms with Crippen molar-refractivity contribution in [1.29, 1.82) is 0 Å². The van der Waals surface area contributed by atoms with E-state index in [0.717, 1.165) is 17.7 Å². The lowest BCUT2D eigenvalue weighted by atomic mass is 10.00. The van der Waals surface area contributed by atoms with Crippen LogP contribution in [-0.4, -0.2) is 12.0 Å². The summed E-state index contributed by atoms with van der Waals surface area (Å²) in [5.74, 6) is 0. The molecule has 4 heteroatoms. The van der Waals surface area contributed by atoms with Crippen LogP contribution >= 0.6 is 23.2 Å². The van der Waals surface area contributed by atoms with Gasteiger partial charge < -0.3 is 5.32 Å². The number of halogens is 2. The van der Waals surface area contributed by atoms with Gasteiger partial charge in [0.1, 0.15) is 0 Å². The molecule has 0 amide bonds. The predicted molar refractivity (Wildman–Crippen MR) is 80.9 cm³/mol. The first-order chi connectivity index (χ1) is 9.10. The largest absolute Gasteiger partial charge is 0.313 e. The van der Waals surface area contributed by atoms with Crippen LogP contribution in [-0.2, 0) is 6.42 Å². The first kappa shape index (κ1) is 14.3. The minimum atomic E-state index is 0.143. The summed E-state index contributed by atoms with van der Waals surface area (Å²) < 4.78 is 0. The molecule has 0 aliphatic carbocycles. The number of aryl methyl sites for hydroxylation is 1. The van der Waals surface area contributed by atoms with E-state index in [1.807, 2.05) is 31.4 Å². The Labute approximate surface area is 123 Å². The molecular formula is C15H16Cl2N2. The van der Waals surface area contributed by atoms with E-state index in [0.29, 0.717) is 10.0 Å². The van der Waals surface area contributed by atoms with E-state index in [-0.39, 0.29) is 6.04 Å². The predicted octanol–water partition coefficient (Wildman–Crippen LogP) is 4.20. The summed E-state index contributed by atoms with van der Waals surface area (Å²) in [5.41, 5.74) is 3.35. The summed E-state index contributed by atoms with van der Waals surface area (Å²) >= 11 is 12.1. The summed E-state index contributed by atoms with van der Waals surface area (Å²) in [6.45, 7) is 2.07. The van der Waals surface area contributed by atoms with Crippen LogP contribution in [0.2, 0.25) is 10.0 Å². The molecule has 0 radical (unpaired) electrons. The standard InChI is InChI=1S/C15H16Cl2N2/c1-10-4-3-5-19-14(10)9-15(18-2)11-6-12(16)8-13(17)7-11/h3-8,15,18H,9H2,1-2H3. The molecule has 0 bridgehead atoms. The van der Waals surface area contributed by atoms with Crippen molar-refractivity contribution in [2.24, 2.45) is 0 Å². The maximum absolute atomic E-state index is 6.06. The molecule has 0 spiro atoms. The fourth-order valence-electron chi connectivity index (χ4n) is 2.09. The van der Waals surface area contributed by atoms with Crippen LogP contribution in [0, 0.1) is 6.92 Å². The molecule has 2 rings (SSSR count). The zero-order valence-corrected chi connectivity index (χ0v) is 12.5. The summed E-state index contributed by atoms with van der Waals surface area (Å²) in [4.78, 5) is 4.43. The van der Waals surface area contributed by atoms with Crippen molar-refractivity contribution < 1.29 is 0 Å². The second-order valence-corrected chi connectivity index (χ2v) is 5.39. The third-order valence-electron chi connectivity index (χ3n) is 3.15. The van der Waals surface area contributed by atoms with Crippen molar-refractivity contribution in [2.75, 3.05) is 7.05 Å². The quantitative estimate of drug-likeness (QED) is 0.914. The van der Waals surface area contributed by atoms with Gasteiger partial charge in [0.15, 0.2) is 0 Å². The minimum Gasteiger partial charge on any atom is -0.313 e. The molecule has 0 saturated heterocycles. The molecule has 1 atom stereocenters. The van der Waals surface area contributed by atoms with Gasteiger partial charge in [0.05, 0.1) is 0 Å². The van der Waals surface area contributed by atoms with E-state index in [2.05, 4.69) is 23.3 Å². The summed E-state index contributed by atoms with van der Waals surface area (Å²) in [6, 6.07) is 9.78. The monoisotopic (exact) mass is 294 g/mol. The number of hydrogen-bond donors (Lipinski definition) is 1. The Morgan fingerprint density at radius 1 is 1.21 bits per heavy atom. The molecule has 100 valence electrons. The van der Waals surface area contributed by atoms with Gasteiger partial charge in [-0.05, 0) is 49.4 Å². The second-order valence-electron chi connectivity index (χ2n) is 4.52. The number of aromatic nitrogens is 1. The number of rotatable bonds is 4. The molecule has 1 aromatic carbocycles. The lowest BCUT2D eigenvalue weighted by Gasteiger charge is -2.18. The summed E-state index contributed by atoms with van der Waals surface area (Å²) in [5, 5.41) is 4.60. The van der Waals surface area contributed by atoms with Gasteiger partial charge in [-0.25, -0.2) is 0 Å². The number of nitrogens with one attached hydrogen (secondary N) is 1. The van der Waals surface area contributed by atoms with Crippen LogP contribution in [0.1, 0.15) is 22.9 Å². The highest BCUT2D eigenvalue weighted by Crippen LogP contribution is 2.25. The van der Waals surface area contributed by atoms with Crippen molar-refractivity contribution in [3.63, 3.8) is 0 Å². The van der Waals surface area contributed by atoms with Gasteiger partial charge in [-0.15, -0.1) is 0 Å². The number of likely N-dealkylation sites (N-methyl/N-ethyl adjacent to an activating group) is 1. The van der Waals surface area contributed by atoms with Crippen molar-refractivity contribution in [2.45, 2.75) is 19.4 Å². The van der Waals surface area contributed by atoms with Gasteiger partial charge in [0, 0.05) is 34.4 Å². The first-order valence-electron chi connectivity index (χ1n) is 6.14. The van der Waals surface area contributed by atoms with Crippen molar-refractivity contribution >= 4 is 23.2 Å². The Hall–Kier alpha value is -1.09. The smallest absolute Gasteiger partial charge is 0.0451 e. The number of nitrogens with zero attached hydrogens (tertiary/aromatic N) is 1. The molecule has 2 aromatic rings. The van der Waals surface area contributed by atoms with Crippen LogP contribution in [0.5, 0.6) is 0 Å². The molecule has 0 saturated carbocycles. The molecule has 0 aliphatic heterocycles. The van der Waals surface area contributed by atoms with Gasteiger partial charge >= 0.3 is 0 Å². The average Bonchev–Trinajstić information content (AvgIpc) is 2.36. The van der Waals surface area contributed by atoms with E-state index in [1.165, 1.54) is 5.56 Å². The first-order valence-corrected chi connectivity index (χ1v) is 6.89. The van der Waals surface area contributed by atoms with Crippen molar-refractivity contribution in [3.05, 3.63) is 63.4 Å². The molecule has 0 aliphatic rings. The van der Waals surface area contributed by atoms with Crippen LogP contribution in [0.25, 0.3) is 0 Å². The third kappa shape index (κ3) is 3.69. The Kier molecular flexibility index (Phi) is 4.81. The Bertz CT molecular complexity index is 550. The van der Waals surface area contributed by atoms with Gasteiger partial charge in [-0.1, -0.05) is 29.3 Å². The van der Waals surface area contributed by atoms with E-state index >= 15 is 0 Å². The van der Waals surface area contributed by atoms with E-state index in [1.54, 1.807) is 6.07 Å². The van der Waals surface area contributed by atoms with E-state index < -0.39 is 0 Å². The van der Waals surface area contributed by atoms with Crippen molar-refractivity contribution in [1.82, 2.24) is 10.3 Å². The Balaban J connectivity index is 2.28. The number of pyridine rings is 1.